The molecule has 0 radical (unpaired) electrons. The van der Waals surface area contributed by atoms with Gasteiger partial charge in [-0.3, -0.25) is 0 Å². The molecule has 2 amide bonds. The van der Waals surface area contributed by atoms with Gasteiger partial charge in [-0.25, -0.2) is 4.79 Å². The van der Waals surface area contributed by atoms with Crippen molar-refractivity contribution in [3.63, 3.8) is 0 Å². The molecule has 1 aromatic carbocycles. The second kappa shape index (κ2) is 8.38. The number of urea groups is 1. The van der Waals surface area contributed by atoms with E-state index in [0.717, 1.165) is 16.9 Å². The predicted molar refractivity (Wildman–Crippen MR) is 97.3 cm³/mol. The third kappa shape index (κ3) is 7.68. The first-order chi connectivity index (χ1) is 11.0. The number of aliphatic hydroxyl groups excluding tert-OH is 1. The van der Waals surface area contributed by atoms with E-state index in [1.807, 2.05) is 59.7 Å². The van der Waals surface area contributed by atoms with E-state index in [9.17, 15) is 4.79 Å². The molecule has 0 atom stereocenters. The van der Waals surface area contributed by atoms with E-state index in [1.165, 1.54) is 0 Å². The second-order valence-electron chi connectivity index (χ2n) is 8.00. The largest absolute Gasteiger partial charge is 0.488 e. The van der Waals surface area contributed by atoms with Gasteiger partial charge in [0.25, 0.3) is 0 Å². The molecule has 0 unspecified atom stereocenters. The lowest BCUT2D eigenvalue weighted by atomic mass is 9.90. The van der Waals surface area contributed by atoms with Gasteiger partial charge in [-0.1, -0.05) is 26.0 Å². The number of aliphatic hydroxyl groups is 1. The minimum atomic E-state index is -0.293. The van der Waals surface area contributed by atoms with Crippen LogP contribution in [-0.2, 0) is 6.54 Å². The highest BCUT2D eigenvalue weighted by molar-refractivity contribution is 5.74. The quantitative estimate of drug-likeness (QED) is 0.715. The van der Waals surface area contributed by atoms with Crippen molar-refractivity contribution in [3.05, 3.63) is 29.3 Å². The summed E-state index contributed by atoms with van der Waals surface area (Å²) in [5, 5.41) is 14.7. The SMILES string of the molecule is Cc1ccc(CNC(=O)NCC(C)(C)CCO)c(OC(C)(C)C)c1. The summed E-state index contributed by atoms with van der Waals surface area (Å²) in [5.74, 6) is 0.795. The number of carbonyl (C=O) groups is 1. The molecular formula is C19H32N2O3. The van der Waals surface area contributed by atoms with Crippen LogP contribution in [-0.4, -0.2) is 29.9 Å². The molecule has 0 heterocycles. The highest BCUT2D eigenvalue weighted by Gasteiger charge is 2.18. The zero-order chi connectivity index (χ0) is 18.4. The van der Waals surface area contributed by atoms with E-state index in [0.29, 0.717) is 19.5 Å². The number of benzene rings is 1. The van der Waals surface area contributed by atoms with E-state index in [-0.39, 0.29) is 23.7 Å². The minimum absolute atomic E-state index is 0.118. The summed E-state index contributed by atoms with van der Waals surface area (Å²) in [4.78, 5) is 12.0. The molecule has 0 bridgehead atoms. The Labute approximate surface area is 145 Å². The number of hydrogen-bond acceptors (Lipinski definition) is 3. The van der Waals surface area contributed by atoms with E-state index in [2.05, 4.69) is 10.6 Å². The normalized spacial score (nSPS) is 12.0. The first-order valence-corrected chi connectivity index (χ1v) is 8.43. The lowest BCUT2D eigenvalue weighted by Crippen LogP contribution is -2.40. The fourth-order valence-electron chi connectivity index (χ4n) is 2.18. The molecule has 0 aliphatic carbocycles. The van der Waals surface area contributed by atoms with Gasteiger partial charge in [0, 0.05) is 25.3 Å². The number of aryl methyl sites for hydroxylation is 1. The zero-order valence-electron chi connectivity index (χ0n) is 15.8. The van der Waals surface area contributed by atoms with Crippen LogP contribution in [0.3, 0.4) is 0 Å². The van der Waals surface area contributed by atoms with Crippen molar-refractivity contribution >= 4 is 6.03 Å². The van der Waals surface area contributed by atoms with Crippen molar-refractivity contribution in [2.24, 2.45) is 5.41 Å². The fraction of sp³-hybridized carbons (Fsp3) is 0.632. The smallest absolute Gasteiger partial charge is 0.315 e. The van der Waals surface area contributed by atoms with Crippen LogP contribution in [0.5, 0.6) is 5.75 Å². The van der Waals surface area contributed by atoms with Crippen LogP contribution in [0.15, 0.2) is 18.2 Å². The van der Waals surface area contributed by atoms with Crippen LogP contribution in [0.2, 0.25) is 0 Å². The Bertz CT molecular complexity index is 548. The van der Waals surface area contributed by atoms with Crippen LogP contribution >= 0.6 is 0 Å². The van der Waals surface area contributed by atoms with Gasteiger partial charge in [-0.15, -0.1) is 0 Å². The number of rotatable bonds is 7. The Morgan fingerprint density at radius 1 is 1.17 bits per heavy atom. The maximum absolute atomic E-state index is 12.0. The van der Waals surface area contributed by atoms with Crippen molar-refractivity contribution in [1.29, 1.82) is 0 Å². The van der Waals surface area contributed by atoms with E-state index in [4.69, 9.17) is 9.84 Å². The molecule has 5 heteroatoms. The number of ether oxygens (including phenoxy) is 1. The molecule has 0 fully saturated rings. The average Bonchev–Trinajstić information content (AvgIpc) is 2.42. The Kier molecular flexibility index (Phi) is 7.08. The average molecular weight is 336 g/mol. The van der Waals surface area contributed by atoms with Crippen LogP contribution in [0.1, 0.15) is 52.2 Å². The Balaban J connectivity index is 2.62. The van der Waals surface area contributed by atoms with Gasteiger partial charge in [-0.2, -0.15) is 0 Å². The number of hydrogen-bond donors (Lipinski definition) is 3. The number of nitrogens with one attached hydrogen (secondary N) is 2. The summed E-state index contributed by atoms with van der Waals surface area (Å²) in [6, 6.07) is 5.76. The summed E-state index contributed by atoms with van der Waals surface area (Å²) in [6.07, 6.45) is 0.648. The Morgan fingerprint density at radius 2 is 1.83 bits per heavy atom. The summed E-state index contributed by atoms with van der Waals surface area (Å²) >= 11 is 0. The molecule has 24 heavy (non-hydrogen) atoms. The highest BCUT2D eigenvalue weighted by atomic mass is 16.5. The first-order valence-electron chi connectivity index (χ1n) is 8.43. The minimum Gasteiger partial charge on any atom is -0.488 e. The van der Waals surface area contributed by atoms with Crippen LogP contribution < -0.4 is 15.4 Å². The molecule has 0 saturated heterocycles. The van der Waals surface area contributed by atoms with Gasteiger partial charge in [0.05, 0.1) is 0 Å². The molecule has 1 rings (SSSR count). The van der Waals surface area contributed by atoms with Crippen molar-refractivity contribution in [3.8, 4) is 5.75 Å². The van der Waals surface area contributed by atoms with Gasteiger partial charge in [0.1, 0.15) is 11.4 Å². The van der Waals surface area contributed by atoms with E-state index < -0.39 is 0 Å². The van der Waals surface area contributed by atoms with E-state index in [1.54, 1.807) is 0 Å². The lowest BCUT2D eigenvalue weighted by Gasteiger charge is -2.25. The Morgan fingerprint density at radius 3 is 2.42 bits per heavy atom. The second-order valence-corrected chi connectivity index (χ2v) is 8.00. The molecule has 5 nitrogen and oxygen atoms in total. The maximum Gasteiger partial charge on any atom is 0.315 e. The van der Waals surface area contributed by atoms with Crippen molar-refractivity contribution in [2.75, 3.05) is 13.2 Å². The molecule has 0 saturated carbocycles. The third-order valence-corrected chi connectivity index (χ3v) is 3.59. The van der Waals surface area contributed by atoms with Crippen molar-refractivity contribution in [2.45, 2.75) is 60.1 Å². The summed E-state index contributed by atoms with van der Waals surface area (Å²) in [6.45, 7) is 13.1. The molecule has 1 aromatic rings. The maximum atomic E-state index is 12.0. The molecular weight excluding hydrogens is 304 g/mol. The molecule has 0 spiro atoms. The van der Waals surface area contributed by atoms with E-state index >= 15 is 0 Å². The molecule has 0 aliphatic rings. The van der Waals surface area contributed by atoms with Gasteiger partial charge in [0.15, 0.2) is 0 Å². The molecule has 0 aliphatic heterocycles. The monoisotopic (exact) mass is 336 g/mol. The zero-order valence-corrected chi connectivity index (χ0v) is 15.8. The van der Waals surface area contributed by atoms with Crippen LogP contribution in [0.25, 0.3) is 0 Å². The predicted octanol–water partition coefficient (Wildman–Crippen LogP) is 3.38. The van der Waals surface area contributed by atoms with Gasteiger partial charge < -0.3 is 20.5 Å². The first kappa shape index (κ1) is 20.3. The lowest BCUT2D eigenvalue weighted by molar-refractivity contribution is 0.129. The third-order valence-electron chi connectivity index (χ3n) is 3.59. The number of amides is 2. The van der Waals surface area contributed by atoms with Gasteiger partial charge in [0.2, 0.25) is 0 Å². The van der Waals surface area contributed by atoms with Crippen molar-refractivity contribution in [1.82, 2.24) is 10.6 Å². The van der Waals surface area contributed by atoms with Crippen LogP contribution in [0, 0.1) is 12.3 Å². The standard InChI is InChI=1S/C19H32N2O3/c1-14-7-8-15(16(11-14)24-18(2,3)4)12-20-17(23)21-13-19(5,6)9-10-22/h7-8,11,22H,9-10,12-13H2,1-6H3,(H2,20,21,23). The summed E-state index contributed by atoms with van der Waals surface area (Å²) in [5.41, 5.74) is 1.64. The van der Waals surface area contributed by atoms with Gasteiger partial charge >= 0.3 is 6.03 Å². The number of carbonyl (C=O) groups excluding carboxylic acids is 1. The van der Waals surface area contributed by atoms with Crippen molar-refractivity contribution < 1.29 is 14.6 Å². The fourth-order valence-corrected chi connectivity index (χ4v) is 2.18. The topological polar surface area (TPSA) is 70.6 Å². The molecule has 3 N–H and O–H groups in total. The van der Waals surface area contributed by atoms with Gasteiger partial charge in [-0.05, 0) is 51.2 Å². The molecule has 136 valence electrons. The Hall–Kier alpha value is -1.75. The molecule has 0 aromatic heterocycles. The van der Waals surface area contributed by atoms with Crippen LogP contribution in [0.4, 0.5) is 4.79 Å². The highest BCUT2D eigenvalue weighted by Crippen LogP contribution is 2.24. The summed E-state index contributed by atoms with van der Waals surface area (Å²) in [7, 11) is 0. The summed E-state index contributed by atoms with van der Waals surface area (Å²) < 4.78 is 5.99.